The molecule has 3 aromatic rings. The van der Waals surface area contributed by atoms with Crippen LogP contribution in [-0.4, -0.2) is 38.7 Å². The van der Waals surface area contributed by atoms with E-state index in [2.05, 4.69) is 21.2 Å². The van der Waals surface area contributed by atoms with Crippen LogP contribution in [-0.2, 0) is 11.2 Å². The van der Waals surface area contributed by atoms with E-state index in [0.717, 1.165) is 22.7 Å². The third kappa shape index (κ3) is 3.77. The lowest BCUT2D eigenvalue weighted by molar-refractivity contribution is -0.120. The summed E-state index contributed by atoms with van der Waals surface area (Å²) in [5, 5.41) is 3.08. The number of carbonyl (C=O) groups is 1. The number of hydrogen-bond acceptors (Lipinski definition) is 4. The highest BCUT2D eigenvalue weighted by atomic mass is 19.1. The van der Waals surface area contributed by atoms with Crippen LogP contribution in [0.15, 0.2) is 72.8 Å². The largest absolute Gasteiger partial charge is 0.497 e. The molecule has 1 saturated heterocycles. The first-order valence-corrected chi connectivity index (χ1v) is 10.9. The molecule has 5 rings (SSSR count). The minimum Gasteiger partial charge on any atom is -0.497 e. The molecule has 6 heteroatoms. The maximum absolute atomic E-state index is 14.5. The van der Waals surface area contributed by atoms with Gasteiger partial charge < -0.3 is 19.9 Å². The normalized spacial score (nSPS) is 19.7. The minimum absolute atomic E-state index is 0.0111. The molecule has 32 heavy (non-hydrogen) atoms. The summed E-state index contributed by atoms with van der Waals surface area (Å²) in [5.74, 6) is 0.295. The molecule has 1 fully saturated rings. The maximum atomic E-state index is 14.5. The van der Waals surface area contributed by atoms with Gasteiger partial charge in [-0.1, -0.05) is 36.4 Å². The number of rotatable bonds is 4. The van der Waals surface area contributed by atoms with E-state index in [4.69, 9.17) is 4.74 Å². The van der Waals surface area contributed by atoms with Gasteiger partial charge in [-0.2, -0.15) is 0 Å². The number of carbonyl (C=O) groups excluding carboxylic acids is 1. The van der Waals surface area contributed by atoms with E-state index in [1.807, 2.05) is 54.6 Å². The molecule has 164 valence electrons. The molecule has 2 aliphatic heterocycles. The Morgan fingerprint density at radius 1 is 1.00 bits per heavy atom. The van der Waals surface area contributed by atoms with Gasteiger partial charge in [-0.05, 0) is 42.3 Å². The van der Waals surface area contributed by atoms with E-state index in [9.17, 15) is 9.18 Å². The molecule has 1 N–H and O–H groups in total. The van der Waals surface area contributed by atoms with Crippen molar-refractivity contribution in [2.45, 2.75) is 12.5 Å². The summed E-state index contributed by atoms with van der Waals surface area (Å²) in [7, 11) is 1.66. The highest BCUT2D eigenvalue weighted by Gasteiger charge is 2.42. The van der Waals surface area contributed by atoms with Crippen molar-refractivity contribution < 1.29 is 13.9 Å². The van der Waals surface area contributed by atoms with Crippen molar-refractivity contribution in [3.63, 3.8) is 0 Å². The van der Waals surface area contributed by atoms with Gasteiger partial charge in [-0.3, -0.25) is 4.79 Å². The second-order valence-corrected chi connectivity index (χ2v) is 8.32. The number of benzene rings is 3. The van der Waals surface area contributed by atoms with Crippen molar-refractivity contribution in [2.24, 2.45) is 5.92 Å². The van der Waals surface area contributed by atoms with Crippen LogP contribution in [0.5, 0.6) is 5.75 Å². The van der Waals surface area contributed by atoms with Gasteiger partial charge in [-0.25, -0.2) is 4.39 Å². The number of nitrogens with zero attached hydrogens (tertiary/aromatic N) is 2. The van der Waals surface area contributed by atoms with Gasteiger partial charge in [0, 0.05) is 37.1 Å². The fourth-order valence-corrected chi connectivity index (χ4v) is 4.89. The molecule has 1 amide bonds. The lowest BCUT2D eigenvalue weighted by Gasteiger charge is -2.49. The van der Waals surface area contributed by atoms with Crippen LogP contribution in [0, 0.1) is 11.7 Å². The molecule has 3 aromatic carbocycles. The Hall–Kier alpha value is -3.54. The van der Waals surface area contributed by atoms with Crippen molar-refractivity contribution in [1.29, 1.82) is 0 Å². The Morgan fingerprint density at radius 3 is 2.56 bits per heavy atom. The van der Waals surface area contributed by atoms with E-state index in [1.165, 1.54) is 6.07 Å². The average Bonchev–Trinajstić information content (AvgIpc) is 2.83. The molecule has 0 saturated carbocycles. The number of halogens is 1. The molecule has 0 bridgehead atoms. The SMILES string of the molecule is COc1ccc2c(c1)N1CCN(c3ccccc3F)CC1C(C(=O)Nc1ccccc1)C2. The number of fused-ring (bicyclic) bond motifs is 3. The third-order valence-corrected chi connectivity index (χ3v) is 6.50. The molecule has 2 unspecified atom stereocenters. The first-order valence-electron chi connectivity index (χ1n) is 10.9. The summed E-state index contributed by atoms with van der Waals surface area (Å²) in [6.45, 7) is 1.96. The Bertz CT molecular complexity index is 1120. The predicted octanol–water partition coefficient (Wildman–Crippen LogP) is 4.34. The van der Waals surface area contributed by atoms with Crippen LogP contribution in [0.2, 0.25) is 0 Å². The lowest BCUT2D eigenvalue weighted by atomic mass is 9.83. The lowest BCUT2D eigenvalue weighted by Crippen LogP contribution is -2.60. The highest BCUT2D eigenvalue weighted by molar-refractivity contribution is 5.94. The standard InChI is InChI=1S/C26H26FN3O2/c1-32-20-12-11-18-15-21(26(31)28-19-7-3-2-4-8-19)25-17-29(13-14-30(25)24(18)16-20)23-10-6-5-9-22(23)27/h2-12,16,21,25H,13-15,17H2,1H3,(H,28,31). The van der Waals surface area contributed by atoms with Gasteiger partial charge in [0.1, 0.15) is 11.6 Å². The van der Waals surface area contributed by atoms with E-state index < -0.39 is 0 Å². The smallest absolute Gasteiger partial charge is 0.229 e. The van der Waals surface area contributed by atoms with Gasteiger partial charge in [0.25, 0.3) is 0 Å². The van der Waals surface area contributed by atoms with E-state index in [0.29, 0.717) is 31.7 Å². The third-order valence-electron chi connectivity index (χ3n) is 6.50. The van der Waals surface area contributed by atoms with Crippen molar-refractivity contribution in [1.82, 2.24) is 0 Å². The van der Waals surface area contributed by atoms with Gasteiger partial charge in [0.15, 0.2) is 0 Å². The second-order valence-electron chi connectivity index (χ2n) is 8.32. The average molecular weight is 432 g/mol. The Balaban J connectivity index is 1.48. The second kappa shape index (κ2) is 8.54. The number of ether oxygens (including phenoxy) is 1. The van der Waals surface area contributed by atoms with Crippen molar-refractivity contribution in [2.75, 3.05) is 41.9 Å². The van der Waals surface area contributed by atoms with Crippen LogP contribution < -0.4 is 19.9 Å². The summed E-state index contributed by atoms with van der Waals surface area (Å²) in [6, 6.07) is 22.3. The van der Waals surface area contributed by atoms with Crippen molar-refractivity contribution in [3.8, 4) is 5.75 Å². The molecule has 2 aliphatic rings. The molecule has 5 nitrogen and oxygen atoms in total. The molecular weight excluding hydrogens is 405 g/mol. The summed E-state index contributed by atoms with van der Waals surface area (Å²) in [5.41, 5.74) is 3.61. The zero-order chi connectivity index (χ0) is 22.1. The van der Waals surface area contributed by atoms with Crippen LogP contribution >= 0.6 is 0 Å². The van der Waals surface area contributed by atoms with Crippen LogP contribution in [0.4, 0.5) is 21.5 Å². The Kier molecular flexibility index (Phi) is 5.43. The molecule has 0 spiro atoms. The zero-order valence-electron chi connectivity index (χ0n) is 18.0. The van der Waals surface area contributed by atoms with Gasteiger partial charge in [0.05, 0.1) is 24.8 Å². The summed E-state index contributed by atoms with van der Waals surface area (Å²) >= 11 is 0. The number of piperazine rings is 1. The van der Waals surface area contributed by atoms with E-state index in [1.54, 1.807) is 13.2 Å². The Labute approximate surface area is 187 Å². The molecule has 0 radical (unpaired) electrons. The molecule has 2 atom stereocenters. The molecule has 0 aliphatic carbocycles. The summed E-state index contributed by atoms with van der Waals surface area (Å²) < 4.78 is 20.0. The predicted molar refractivity (Wildman–Crippen MR) is 125 cm³/mol. The topological polar surface area (TPSA) is 44.8 Å². The first-order chi connectivity index (χ1) is 15.6. The van der Waals surface area contributed by atoms with Crippen LogP contribution in [0.1, 0.15) is 5.56 Å². The van der Waals surface area contributed by atoms with E-state index >= 15 is 0 Å². The maximum Gasteiger partial charge on any atom is 0.229 e. The monoisotopic (exact) mass is 431 g/mol. The molecule has 0 aromatic heterocycles. The number of methoxy groups -OCH3 is 1. The number of para-hydroxylation sites is 2. The number of nitrogens with one attached hydrogen (secondary N) is 1. The number of amides is 1. The first kappa shape index (κ1) is 20.4. The molecule has 2 heterocycles. The quantitative estimate of drug-likeness (QED) is 0.668. The summed E-state index contributed by atoms with van der Waals surface area (Å²) in [6.07, 6.45) is 0.629. The van der Waals surface area contributed by atoms with Gasteiger partial charge in [0.2, 0.25) is 5.91 Å². The van der Waals surface area contributed by atoms with Crippen LogP contribution in [0.3, 0.4) is 0 Å². The fraction of sp³-hybridized carbons (Fsp3) is 0.269. The van der Waals surface area contributed by atoms with Crippen molar-refractivity contribution in [3.05, 3.63) is 84.2 Å². The van der Waals surface area contributed by atoms with Gasteiger partial charge >= 0.3 is 0 Å². The molecular formula is C26H26FN3O2. The van der Waals surface area contributed by atoms with Crippen LogP contribution in [0.25, 0.3) is 0 Å². The minimum atomic E-state index is -0.259. The van der Waals surface area contributed by atoms with Gasteiger partial charge in [-0.15, -0.1) is 0 Å². The fourth-order valence-electron chi connectivity index (χ4n) is 4.89. The number of hydrogen-bond donors (Lipinski definition) is 1. The highest BCUT2D eigenvalue weighted by Crippen LogP contribution is 2.39. The summed E-state index contributed by atoms with van der Waals surface area (Å²) in [4.78, 5) is 17.8. The Morgan fingerprint density at radius 2 is 1.78 bits per heavy atom. The number of anilines is 3. The zero-order valence-corrected chi connectivity index (χ0v) is 18.0. The van der Waals surface area contributed by atoms with E-state index in [-0.39, 0.29) is 23.7 Å². The van der Waals surface area contributed by atoms with Crippen molar-refractivity contribution >= 4 is 23.0 Å².